The predicted molar refractivity (Wildman–Crippen MR) is 71.7 cm³/mol. The third-order valence-electron chi connectivity index (χ3n) is 4.15. The molecule has 19 heavy (non-hydrogen) atoms. The summed E-state index contributed by atoms with van der Waals surface area (Å²) in [7, 11) is 0. The quantitative estimate of drug-likeness (QED) is 0.828. The van der Waals surface area contributed by atoms with Gasteiger partial charge in [-0.15, -0.1) is 0 Å². The number of ether oxygens (including phenoxy) is 1. The maximum absolute atomic E-state index is 12.1. The maximum atomic E-state index is 12.1. The molecular formula is C15H20N2O2. The van der Waals surface area contributed by atoms with Crippen LogP contribution in [0.15, 0.2) is 18.5 Å². The van der Waals surface area contributed by atoms with Crippen molar-refractivity contribution in [2.24, 2.45) is 5.41 Å². The summed E-state index contributed by atoms with van der Waals surface area (Å²) in [6.07, 6.45) is 6.17. The van der Waals surface area contributed by atoms with Crippen molar-refractivity contribution in [3.05, 3.63) is 29.6 Å². The molecule has 4 heteroatoms. The number of hydrogen-bond donors (Lipinski definition) is 0. The smallest absolute Gasteiger partial charge is 0.222 e. The maximum Gasteiger partial charge on any atom is 0.222 e. The van der Waals surface area contributed by atoms with Gasteiger partial charge in [0, 0.05) is 43.9 Å². The number of amides is 1. The van der Waals surface area contributed by atoms with Crippen molar-refractivity contribution in [2.75, 3.05) is 26.3 Å². The number of aromatic nitrogens is 1. The zero-order valence-corrected chi connectivity index (χ0v) is 11.4. The lowest BCUT2D eigenvalue weighted by molar-refractivity contribution is -0.143. The molecule has 0 unspecified atom stereocenters. The van der Waals surface area contributed by atoms with Gasteiger partial charge in [-0.1, -0.05) is 6.07 Å². The van der Waals surface area contributed by atoms with Gasteiger partial charge in [0.1, 0.15) is 0 Å². The Hall–Kier alpha value is -1.42. The Kier molecular flexibility index (Phi) is 3.27. The van der Waals surface area contributed by atoms with Crippen LogP contribution >= 0.6 is 0 Å². The van der Waals surface area contributed by atoms with Crippen LogP contribution in [0.2, 0.25) is 0 Å². The van der Waals surface area contributed by atoms with Gasteiger partial charge in [0.25, 0.3) is 0 Å². The average Bonchev–Trinajstić information content (AvgIpc) is 2.84. The Bertz CT molecular complexity index is 473. The molecule has 0 aliphatic carbocycles. The monoisotopic (exact) mass is 260 g/mol. The standard InChI is InChI=1S/C15H20N2O2/c1-12-6-13(8-16-7-12)2-3-14(18)17-9-15(10-17)4-5-19-11-15/h6-8H,2-5,9-11H2,1H3. The van der Waals surface area contributed by atoms with Crippen molar-refractivity contribution >= 4 is 5.91 Å². The van der Waals surface area contributed by atoms with Crippen molar-refractivity contribution in [1.82, 2.24) is 9.88 Å². The fourth-order valence-electron chi connectivity index (χ4n) is 3.00. The van der Waals surface area contributed by atoms with Crippen LogP contribution in [0.4, 0.5) is 0 Å². The highest BCUT2D eigenvalue weighted by atomic mass is 16.5. The summed E-state index contributed by atoms with van der Waals surface area (Å²) in [5.74, 6) is 0.263. The molecule has 3 rings (SSSR count). The van der Waals surface area contributed by atoms with Crippen molar-refractivity contribution in [1.29, 1.82) is 0 Å². The summed E-state index contributed by atoms with van der Waals surface area (Å²) >= 11 is 0. The first-order valence-electron chi connectivity index (χ1n) is 6.93. The first kappa shape index (κ1) is 12.6. The zero-order valence-electron chi connectivity index (χ0n) is 11.4. The molecule has 2 aliphatic heterocycles. The molecule has 1 spiro atoms. The lowest BCUT2D eigenvalue weighted by Crippen LogP contribution is -2.58. The fourth-order valence-corrected chi connectivity index (χ4v) is 3.00. The largest absolute Gasteiger partial charge is 0.381 e. The van der Waals surface area contributed by atoms with Gasteiger partial charge in [-0.2, -0.15) is 0 Å². The molecule has 0 aromatic carbocycles. The summed E-state index contributed by atoms with van der Waals surface area (Å²) in [4.78, 5) is 18.2. The van der Waals surface area contributed by atoms with Crippen molar-refractivity contribution in [2.45, 2.75) is 26.2 Å². The summed E-state index contributed by atoms with van der Waals surface area (Å²) in [5, 5.41) is 0. The third kappa shape index (κ3) is 2.63. The Balaban J connectivity index is 1.47. The van der Waals surface area contributed by atoms with Crippen LogP contribution in [0.3, 0.4) is 0 Å². The van der Waals surface area contributed by atoms with E-state index in [1.165, 1.54) is 0 Å². The van der Waals surface area contributed by atoms with E-state index in [0.29, 0.717) is 11.8 Å². The summed E-state index contributed by atoms with van der Waals surface area (Å²) in [5.41, 5.74) is 2.59. The molecule has 3 heterocycles. The normalized spacial score (nSPS) is 20.6. The molecule has 1 aromatic rings. The van der Waals surface area contributed by atoms with E-state index in [4.69, 9.17) is 4.74 Å². The van der Waals surface area contributed by atoms with E-state index in [1.54, 1.807) is 0 Å². The van der Waals surface area contributed by atoms with Gasteiger partial charge in [0.05, 0.1) is 6.61 Å². The Labute approximate surface area is 113 Å². The number of carbonyl (C=O) groups is 1. The van der Waals surface area contributed by atoms with Crippen molar-refractivity contribution < 1.29 is 9.53 Å². The zero-order chi connectivity index (χ0) is 13.3. The molecule has 2 fully saturated rings. The fraction of sp³-hybridized carbons (Fsp3) is 0.600. The van der Waals surface area contributed by atoms with Crippen LogP contribution in [-0.2, 0) is 16.0 Å². The summed E-state index contributed by atoms with van der Waals surface area (Å²) in [6, 6.07) is 2.10. The lowest BCUT2D eigenvalue weighted by atomic mass is 9.79. The first-order chi connectivity index (χ1) is 9.17. The summed E-state index contributed by atoms with van der Waals surface area (Å²) < 4.78 is 5.43. The second-order valence-corrected chi connectivity index (χ2v) is 5.92. The molecule has 102 valence electrons. The molecule has 0 N–H and O–H groups in total. The SMILES string of the molecule is Cc1cncc(CCC(=O)N2CC3(CCOC3)C2)c1. The number of aryl methyl sites for hydroxylation is 2. The van der Waals surface area contributed by atoms with Crippen LogP contribution in [0.25, 0.3) is 0 Å². The molecule has 0 atom stereocenters. The number of hydrogen-bond acceptors (Lipinski definition) is 3. The molecule has 0 saturated carbocycles. The Morgan fingerprint density at radius 1 is 1.47 bits per heavy atom. The minimum Gasteiger partial charge on any atom is -0.381 e. The van der Waals surface area contributed by atoms with Crippen LogP contribution in [0.5, 0.6) is 0 Å². The van der Waals surface area contributed by atoms with Crippen molar-refractivity contribution in [3.63, 3.8) is 0 Å². The first-order valence-corrected chi connectivity index (χ1v) is 6.93. The second-order valence-electron chi connectivity index (χ2n) is 5.92. The number of nitrogens with zero attached hydrogens (tertiary/aromatic N) is 2. The van der Waals surface area contributed by atoms with Gasteiger partial charge in [-0.05, 0) is 30.9 Å². The van der Waals surface area contributed by atoms with Gasteiger partial charge < -0.3 is 9.64 Å². The Morgan fingerprint density at radius 3 is 3.00 bits per heavy atom. The second kappa shape index (κ2) is 4.93. The van der Waals surface area contributed by atoms with E-state index in [9.17, 15) is 4.79 Å². The molecule has 0 radical (unpaired) electrons. The van der Waals surface area contributed by atoms with Gasteiger partial charge in [-0.3, -0.25) is 9.78 Å². The third-order valence-corrected chi connectivity index (χ3v) is 4.15. The number of rotatable bonds is 3. The number of pyridine rings is 1. The van der Waals surface area contributed by atoms with Crippen LogP contribution in [-0.4, -0.2) is 42.1 Å². The van der Waals surface area contributed by atoms with Crippen LogP contribution < -0.4 is 0 Å². The highest BCUT2D eigenvalue weighted by Crippen LogP contribution is 2.38. The van der Waals surface area contributed by atoms with Crippen LogP contribution in [0.1, 0.15) is 24.0 Å². The van der Waals surface area contributed by atoms with E-state index >= 15 is 0 Å². The molecule has 0 bridgehead atoms. The Morgan fingerprint density at radius 2 is 2.32 bits per heavy atom. The molecule has 4 nitrogen and oxygen atoms in total. The van der Waals surface area contributed by atoms with E-state index in [0.717, 1.165) is 50.3 Å². The minimum atomic E-state index is 0.263. The molecule has 2 aliphatic rings. The predicted octanol–water partition coefficient (Wildman–Crippen LogP) is 1.57. The van der Waals surface area contributed by atoms with Gasteiger partial charge >= 0.3 is 0 Å². The average molecular weight is 260 g/mol. The highest BCUT2D eigenvalue weighted by Gasteiger charge is 2.47. The van der Waals surface area contributed by atoms with Gasteiger partial charge in [-0.25, -0.2) is 0 Å². The topological polar surface area (TPSA) is 42.4 Å². The van der Waals surface area contributed by atoms with Gasteiger partial charge in [0.2, 0.25) is 5.91 Å². The highest BCUT2D eigenvalue weighted by molar-refractivity contribution is 5.77. The van der Waals surface area contributed by atoms with E-state index < -0.39 is 0 Å². The van der Waals surface area contributed by atoms with Crippen molar-refractivity contribution in [3.8, 4) is 0 Å². The van der Waals surface area contributed by atoms with Gasteiger partial charge in [0.15, 0.2) is 0 Å². The van der Waals surface area contributed by atoms with E-state index in [-0.39, 0.29) is 5.91 Å². The van der Waals surface area contributed by atoms with Crippen LogP contribution in [0, 0.1) is 12.3 Å². The molecule has 1 aromatic heterocycles. The minimum absolute atomic E-state index is 0.263. The van der Waals surface area contributed by atoms with E-state index in [1.807, 2.05) is 24.2 Å². The summed E-state index contributed by atoms with van der Waals surface area (Å²) in [6.45, 7) is 5.49. The molecular weight excluding hydrogens is 240 g/mol. The lowest BCUT2D eigenvalue weighted by Gasteiger charge is -2.47. The molecule has 1 amide bonds. The van der Waals surface area contributed by atoms with E-state index in [2.05, 4.69) is 11.1 Å². The molecule has 2 saturated heterocycles. The number of carbonyl (C=O) groups excluding carboxylic acids is 1. The number of likely N-dealkylation sites (tertiary alicyclic amines) is 1.